The average molecular weight is 299 g/mol. The molecule has 22 heavy (non-hydrogen) atoms. The van der Waals surface area contributed by atoms with Crippen molar-refractivity contribution in [1.29, 1.82) is 0 Å². The van der Waals surface area contributed by atoms with E-state index in [9.17, 15) is 14.7 Å². The SMILES string of the molecule is CC1(C)[C@H]2CC[C@]1(C)C(=O)C2=CNc1ccccc1C(=O)O. The summed E-state index contributed by atoms with van der Waals surface area (Å²) in [6.45, 7) is 6.38. The second kappa shape index (κ2) is 4.70. The molecule has 1 aromatic rings. The summed E-state index contributed by atoms with van der Waals surface area (Å²) in [4.78, 5) is 24.0. The van der Waals surface area contributed by atoms with Gasteiger partial charge in [0.2, 0.25) is 0 Å². The first-order valence-electron chi connectivity index (χ1n) is 7.63. The Labute approximate surface area is 130 Å². The minimum atomic E-state index is -0.979. The van der Waals surface area contributed by atoms with Crippen LogP contribution in [0.4, 0.5) is 5.69 Å². The number of anilines is 1. The van der Waals surface area contributed by atoms with Crippen LogP contribution >= 0.6 is 0 Å². The Hall–Kier alpha value is -2.10. The molecule has 4 nitrogen and oxygen atoms in total. The Balaban J connectivity index is 1.93. The smallest absolute Gasteiger partial charge is 0.337 e. The molecule has 0 spiro atoms. The van der Waals surface area contributed by atoms with Gasteiger partial charge in [0.1, 0.15) is 0 Å². The van der Waals surface area contributed by atoms with Gasteiger partial charge in [0.25, 0.3) is 0 Å². The molecule has 4 heteroatoms. The van der Waals surface area contributed by atoms with Crippen molar-refractivity contribution in [3.63, 3.8) is 0 Å². The number of carbonyl (C=O) groups excluding carboxylic acids is 1. The first-order chi connectivity index (χ1) is 10.3. The van der Waals surface area contributed by atoms with E-state index in [1.54, 1.807) is 30.5 Å². The highest BCUT2D eigenvalue weighted by Gasteiger charge is 2.63. The molecule has 0 saturated heterocycles. The third-order valence-electron chi connectivity index (χ3n) is 5.91. The lowest BCUT2D eigenvalue weighted by Crippen LogP contribution is -2.32. The minimum Gasteiger partial charge on any atom is -0.478 e. The van der Waals surface area contributed by atoms with Crippen molar-refractivity contribution < 1.29 is 14.7 Å². The maximum Gasteiger partial charge on any atom is 0.337 e. The number of para-hydroxylation sites is 1. The number of rotatable bonds is 3. The molecule has 116 valence electrons. The Bertz CT molecular complexity index is 689. The number of carbonyl (C=O) groups is 2. The summed E-state index contributed by atoms with van der Waals surface area (Å²) in [7, 11) is 0. The summed E-state index contributed by atoms with van der Waals surface area (Å²) in [5.41, 5.74) is 1.20. The normalized spacial score (nSPS) is 30.8. The van der Waals surface area contributed by atoms with Crippen LogP contribution in [0.2, 0.25) is 0 Å². The highest BCUT2D eigenvalue weighted by atomic mass is 16.4. The molecule has 2 fully saturated rings. The van der Waals surface area contributed by atoms with Crippen LogP contribution in [0.1, 0.15) is 44.0 Å². The first-order valence-corrected chi connectivity index (χ1v) is 7.63. The van der Waals surface area contributed by atoms with E-state index in [0.29, 0.717) is 5.69 Å². The molecule has 2 N–H and O–H groups in total. The van der Waals surface area contributed by atoms with Crippen molar-refractivity contribution in [2.75, 3.05) is 5.32 Å². The molecule has 2 atom stereocenters. The Morgan fingerprint density at radius 2 is 2.00 bits per heavy atom. The van der Waals surface area contributed by atoms with E-state index < -0.39 is 5.97 Å². The van der Waals surface area contributed by atoms with E-state index in [1.165, 1.54) is 0 Å². The quantitative estimate of drug-likeness (QED) is 0.835. The molecule has 3 rings (SSSR count). The standard InChI is InChI=1S/C18H21NO3/c1-17(2)13-8-9-18(17,3)15(20)12(13)10-19-14-7-5-4-6-11(14)16(21)22/h4-7,10,13,19H,8-9H2,1-3H3,(H,21,22)/t13-,18+/m0/s1. The molecular formula is C18H21NO3. The Morgan fingerprint density at radius 3 is 2.59 bits per heavy atom. The van der Waals surface area contributed by atoms with Gasteiger partial charge in [0.05, 0.1) is 11.3 Å². The number of fused-ring (bicyclic) bond motifs is 2. The molecule has 2 aliphatic rings. The number of allylic oxidation sites excluding steroid dienone is 1. The molecular weight excluding hydrogens is 278 g/mol. The zero-order valence-corrected chi connectivity index (χ0v) is 13.1. The molecule has 0 radical (unpaired) electrons. The van der Waals surface area contributed by atoms with Crippen LogP contribution in [-0.4, -0.2) is 16.9 Å². The fourth-order valence-corrected chi connectivity index (χ4v) is 4.04. The van der Waals surface area contributed by atoms with Gasteiger partial charge in [0, 0.05) is 17.2 Å². The van der Waals surface area contributed by atoms with Crippen LogP contribution < -0.4 is 5.32 Å². The van der Waals surface area contributed by atoms with Gasteiger partial charge in [-0.15, -0.1) is 0 Å². The summed E-state index contributed by atoms with van der Waals surface area (Å²) in [6.07, 6.45) is 3.68. The Morgan fingerprint density at radius 1 is 1.32 bits per heavy atom. The highest BCUT2D eigenvalue weighted by Crippen LogP contribution is 2.65. The molecule has 0 amide bonds. The average Bonchev–Trinajstić information content (AvgIpc) is 2.78. The highest BCUT2D eigenvalue weighted by molar-refractivity contribution is 6.05. The number of hydrogen-bond donors (Lipinski definition) is 2. The van der Waals surface area contributed by atoms with Gasteiger partial charge in [-0.25, -0.2) is 4.79 Å². The van der Waals surface area contributed by atoms with E-state index >= 15 is 0 Å². The summed E-state index contributed by atoms with van der Waals surface area (Å²) < 4.78 is 0. The van der Waals surface area contributed by atoms with Gasteiger partial charge < -0.3 is 10.4 Å². The fourth-order valence-electron chi connectivity index (χ4n) is 4.04. The topological polar surface area (TPSA) is 66.4 Å². The second-order valence-corrected chi connectivity index (χ2v) is 7.07. The Kier molecular flexibility index (Phi) is 3.17. The molecule has 2 saturated carbocycles. The van der Waals surface area contributed by atoms with Gasteiger partial charge in [-0.2, -0.15) is 0 Å². The van der Waals surface area contributed by atoms with Crippen molar-refractivity contribution in [1.82, 2.24) is 0 Å². The fraction of sp³-hybridized carbons (Fsp3) is 0.444. The largest absolute Gasteiger partial charge is 0.478 e. The van der Waals surface area contributed by atoms with Crippen molar-refractivity contribution in [3.8, 4) is 0 Å². The van der Waals surface area contributed by atoms with Gasteiger partial charge in [-0.1, -0.05) is 32.9 Å². The van der Waals surface area contributed by atoms with Crippen molar-refractivity contribution in [2.24, 2.45) is 16.7 Å². The lowest BCUT2D eigenvalue weighted by atomic mass is 9.70. The predicted octanol–water partition coefficient (Wildman–Crippen LogP) is 3.71. The van der Waals surface area contributed by atoms with Crippen LogP contribution in [0.5, 0.6) is 0 Å². The van der Waals surface area contributed by atoms with Crippen LogP contribution in [0, 0.1) is 16.7 Å². The van der Waals surface area contributed by atoms with Crippen LogP contribution in [0.25, 0.3) is 0 Å². The van der Waals surface area contributed by atoms with Crippen molar-refractivity contribution in [3.05, 3.63) is 41.6 Å². The zero-order valence-electron chi connectivity index (χ0n) is 13.1. The molecule has 1 aromatic carbocycles. The van der Waals surface area contributed by atoms with E-state index in [-0.39, 0.29) is 28.1 Å². The molecule has 0 aliphatic heterocycles. The number of aromatic carboxylic acids is 1. The summed E-state index contributed by atoms with van der Waals surface area (Å²) in [5, 5.41) is 12.3. The minimum absolute atomic E-state index is 0.0378. The molecule has 0 heterocycles. The van der Waals surface area contributed by atoms with Gasteiger partial charge in [-0.05, 0) is 36.3 Å². The number of ketones is 1. The number of benzene rings is 1. The number of hydrogen-bond acceptors (Lipinski definition) is 3. The number of carboxylic acids is 1. The van der Waals surface area contributed by atoms with Gasteiger partial charge in [0.15, 0.2) is 5.78 Å². The third kappa shape index (κ3) is 1.83. The summed E-state index contributed by atoms with van der Waals surface area (Å²) in [6, 6.07) is 6.73. The molecule has 0 aromatic heterocycles. The number of carboxylic acid groups (broad SMARTS) is 1. The van der Waals surface area contributed by atoms with E-state index in [1.807, 2.05) is 0 Å². The lowest BCUT2D eigenvalue weighted by Gasteiger charge is -2.31. The van der Waals surface area contributed by atoms with Crippen LogP contribution in [-0.2, 0) is 4.79 Å². The van der Waals surface area contributed by atoms with Crippen molar-refractivity contribution >= 4 is 17.4 Å². The third-order valence-corrected chi connectivity index (χ3v) is 5.91. The van der Waals surface area contributed by atoms with Gasteiger partial charge >= 0.3 is 5.97 Å². The number of nitrogens with one attached hydrogen (secondary N) is 1. The summed E-state index contributed by atoms with van der Waals surface area (Å²) in [5.74, 6) is -0.531. The maximum absolute atomic E-state index is 12.7. The van der Waals surface area contributed by atoms with Crippen LogP contribution in [0.15, 0.2) is 36.0 Å². The second-order valence-electron chi connectivity index (χ2n) is 7.07. The zero-order chi connectivity index (χ0) is 16.1. The van der Waals surface area contributed by atoms with E-state index in [0.717, 1.165) is 18.4 Å². The molecule has 2 bridgehead atoms. The van der Waals surface area contributed by atoms with Crippen molar-refractivity contribution in [2.45, 2.75) is 33.6 Å². The van der Waals surface area contributed by atoms with Gasteiger partial charge in [-0.3, -0.25) is 4.79 Å². The lowest BCUT2D eigenvalue weighted by molar-refractivity contribution is -0.125. The van der Waals surface area contributed by atoms with E-state index in [4.69, 9.17) is 0 Å². The predicted molar refractivity (Wildman–Crippen MR) is 84.7 cm³/mol. The first kappa shape index (κ1) is 14.8. The molecule has 2 aliphatic carbocycles. The maximum atomic E-state index is 12.7. The monoisotopic (exact) mass is 299 g/mol. The molecule has 0 unspecified atom stereocenters. The summed E-state index contributed by atoms with van der Waals surface area (Å²) >= 11 is 0. The van der Waals surface area contributed by atoms with Crippen LogP contribution in [0.3, 0.4) is 0 Å². The van der Waals surface area contributed by atoms with E-state index in [2.05, 4.69) is 26.1 Å². The number of Topliss-reactive ketones (excluding diaryl/α,β-unsaturated/α-hetero) is 1.